The number of fused-ring (bicyclic) bond motifs is 1. The van der Waals surface area contributed by atoms with Gasteiger partial charge >= 0.3 is 0 Å². The molecule has 1 aliphatic carbocycles. The van der Waals surface area contributed by atoms with Crippen LogP contribution in [0.15, 0.2) is 59.8 Å². The fraction of sp³-hybridized carbons (Fsp3) is 0.375. The zero-order valence-corrected chi connectivity index (χ0v) is 20.2. The number of halogens is 1. The third kappa shape index (κ3) is 6.19. The van der Waals surface area contributed by atoms with Crippen molar-refractivity contribution < 1.29 is 17.5 Å². The van der Waals surface area contributed by atoms with E-state index in [2.05, 4.69) is 27.3 Å². The normalized spacial score (nSPS) is 17.2. The molecule has 2 N–H and O–H groups in total. The Labute approximate surface area is 195 Å². The SMILES string of the molecule is CNCC1Cc2ccc(OC)cc2C1Cc1cccc(F)c1.CNS(=O)(=O)c1cnn(C)c1. The Balaban J connectivity index is 0.000000235. The number of ether oxygens (including phenoxy) is 1. The summed E-state index contributed by atoms with van der Waals surface area (Å²) in [7, 11) is 3.40. The average Bonchev–Trinajstić information content (AvgIpc) is 3.38. The van der Waals surface area contributed by atoms with E-state index in [1.54, 1.807) is 26.3 Å². The number of sulfonamides is 1. The third-order valence-corrected chi connectivity index (χ3v) is 7.24. The number of hydrogen-bond acceptors (Lipinski definition) is 5. The molecule has 9 heteroatoms. The third-order valence-electron chi connectivity index (χ3n) is 5.87. The molecule has 33 heavy (non-hydrogen) atoms. The summed E-state index contributed by atoms with van der Waals surface area (Å²) in [6.07, 6.45) is 4.67. The lowest BCUT2D eigenvalue weighted by Crippen LogP contribution is -2.23. The van der Waals surface area contributed by atoms with Gasteiger partial charge in [0.25, 0.3) is 0 Å². The van der Waals surface area contributed by atoms with Crippen LogP contribution in [0, 0.1) is 11.7 Å². The lowest BCUT2D eigenvalue weighted by molar-refractivity contribution is 0.411. The molecule has 1 aliphatic rings. The van der Waals surface area contributed by atoms with Crippen LogP contribution in [0.3, 0.4) is 0 Å². The van der Waals surface area contributed by atoms with Gasteiger partial charge in [-0.3, -0.25) is 4.68 Å². The van der Waals surface area contributed by atoms with Crippen molar-refractivity contribution >= 4 is 10.0 Å². The molecule has 1 aromatic heterocycles. The lowest BCUT2D eigenvalue weighted by Gasteiger charge is -2.21. The first kappa shape index (κ1) is 24.9. The van der Waals surface area contributed by atoms with Crippen molar-refractivity contribution in [1.29, 1.82) is 0 Å². The van der Waals surface area contributed by atoms with Crippen LogP contribution in [0.25, 0.3) is 0 Å². The summed E-state index contributed by atoms with van der Waals surface area (Å²) in [5, 5.41) is 7.02. The van der Waals surface area contributed by atoms with Gasteiger partial charge in [-0.25, -0.2) is 17.5 Å². The number of benzene rings is 2. The monoisotopic (exact) mass is 474 g/mol. The Kier molecular flexibility index (Phi) is 8.23. The molecule has 7 nitrogen and oxygen atoms in total. The molecule has 0 fully saturated rings. The van der Waals surface area contributed by atoms with Crippen LogP contribution < -0.4 is 14.8 Å². The molecular weight excluding hydrogens is 443 g/mol. The van der Waals surface area contributed by atoms with Crippen molar-refractivity contribution in [3.63, 3.8) is 0 Å². The first-order chi connectivity index (χ1) is 15.8. The molecule has 2 unspecified atom stereocenters. The minimum absolute atomic E-state index is 0.161. The highest BCUT2D eigenvalue weighted by Gasteiger charge is 2.32. The first-order valence-corrected chi connectivity index (χ1v) is 12.2. The van der Waals surface area contributed by atoms with Crippen LogP contribution in [0.1, 0.15) is 22.6 Å². The van der Waals surface area contributed by atoms with E-state index in [1.165, 1.54) is 41.3 Å². The molecule has 0 radical (unpaired) electrons. The topological polar surface area (TPSA) is 85.2 Å². The van der Waals surface area contributed by atoms with Gasteiger partial charge in [-0.15, -0.1) is 0 Å². The molecule has 0 saturated carbocycles. The van der Waals surface area contributed by atoms with Crippen molar-refractivity contribution in [2.45, 2.75) is 23.7 Å². The minimum atomic E-state index is -3.31. The smallest absolute Gasteiger partial charge is 0.243 e. The molecule has 2 atom stereocenters. The van der Waals surface area contributed by atoms with Crippen LogP contribution in [-0.2, 0) is 29.9 Å². The summed E-state index contributed by atoms with van der Waals surface area (Å²) < 4.78 is 44.6. The van der Waals surface area contributed by atoms with Gasteiger partial charge in [-0.2, -0.15) is 5.10 Å². The Bertz CT molecular complexity index is 1180. The van der Waals surface area contributed by atoms with Crippen molar-refractivity contribution in [2.24, 2.45) is 13.0 Å². The van der Waals surface area contributed by atoms with E-state index < -0.39 is 10.0 Å². The van der Waals surface area contributed by atoms with Gasteiger partial charge in [0.1, 0.15) is 16.5 Å². The van der Waals surface area contributed by atoms with E-state index in [0.29, 0.717) is 11.8 Å². The summed E-state index contributed by atoms with van der Waals surface area (Å²) in [5.74, 6) is 1.68. The quantitative estimate of drug-likeness (QED) is 0.550. The minimum Gasteiger partial charge on any atom is -0.497 e. The Morgan fingerprint density at radius 1 is 1.21 bits per heavy atom. The fourth-order valence-corrected chi connectivity index (χ4v) is 4.95. The Morgan fingerprint density at radius 2 is 2.00 bits per heavy atom. The number of rotatable bonds is 7. The van der Waals surface area contributed by atoms with E-state index in [0.717, 1.165) is 30.7 Å². The summed E-state index contributed by atoms with van der Waals surface area (Å²) in [6, 6.07) is 13.3. The predicted octanol–water partition coefficient (Wildman–Crippen LogP) is 2.88. The Hall–Kier alpha value is -2.75. The molecule has 0 aliphatic heterocycles. The number of aromatic nitrogens is 2. The molecular formula is C24H31FN4O3S. The highest BCUT2D eigenvalue weighted by molar-refractivity contribution is 7.89. The first-order valence-electron chi connectivity index (χ1n) is 10.8. The van der Waals surface area contributed by atoms with E-state index >= 15 is 0 Å². The molecule has 0 spiro atoms. The second kappa shape index (κ2) is 10.9. The largest absolute Gasteiger partial charge is 0.497 e. The molecule has 2 aromatic carbocycles. The molecule has 3 aromatic rings. The van der Waals surface area contributed by atoms with Crippen LogP contribution in [0.2, 0.25) is 0 Å². The maximum Gasteiger partial charge on any atom is 0.243 e. The van der Waals surface area contributed by atoms with Crippen LogP contribution in [0.5, 0.6) is 5.75 Å². The van der Waals surface area contributed by atoms with Gasteiger partial charge in [-0.05, 0) is 86.3 Å². The van der Waals surface area contributed by atoms with E-state index in [-0.39, 0.29) is 10.7 Å². The van der Waals surface area contributed by atoms with Crippen LogP contribution >= 0.6 is 0 Å². The number of aryl methyl sites for hydroxylation is 1. The number of hydrogen-bond donors (Lipinski definition) is 2. The fourth-order valence-electron chi connectivity index (χ4n) is 4.24. The molecule has 1 heterocycles. The zero-order valence-electron chi connectivity index (χ0n) is 19.4. The van der Waals surface area contributed by atoms with E-state index in [1.807, 2.05) is 19.2 Å². The number of nitrogens with one attached hydrogen (secondary N) is 2. The van der Waals surface area contributed by atoms with Crippen molar-refractivity contribution in [3.05, 3.63) is 77.4 Å². The molecule has 4 rings (SSSR count). The zero-order chi connectivity index (χ0) is 24.0. The molecule has 178 valence electrons. The van der Waals surface area contributed by atoms with E-state index in [9.17, 15) is 12.8 Å². The molecule has 0 amide bonds. The molecule has 0 saturated heterocycles. The summed E-state index contributed by atoms with van der Waals surface area (Å²) in [6.45, 7) is 0.969. The number of nitrogens with zero attached hydrogens (tertiary/aromatic N) is 2. The Morgan fingerprint density at radius 3 is 2.61 bits per heavy atom. The van der Waals surface area contributed by atoms with Gasteiger partial charge in [0.2, 0.25) is 10.0 Å². The average molecular weight is 475 g/mol. The summed E-state index contributed by atoms with van der Waals surface area (Å²) >= 11 is 0. The van der Waals surface area contributed by atoms with Crippen LogP contribution in [0.4, 0.5) is 4.39 Å². The van der Waals surface area contributed by atoms with E-state index in [4.69, 9.17) is 4.74 Å². The predicted molar refractivity (Wildman–Crippen MR) is 126 cm³/mol. The van der Waals surface area contributed by atoms with Gasteiger partial charge < -0.3 is 10.1 Å². The molecule has 0 bridgehead atoms. The maximum atomic E-state index is 13.5. The maximum absolute atomic E-state index is 13.5. The lowest BCUT2D eigenvalue weighted by atomic mass is 9.86. The van der Waals surface area contributed by atoms with Gasteiger partial charge in [0.05, 0.1) is 13.3 Å². The number of methoxy groups -OCH3 is 1. The van der Waals surface area contributed by atoms with Gasteiger partial charge in [0.15, 0.2) is 0 Å². The van der Waals surface area contributed by atoms with Crippen molar-refractivity contribution in [1.82, 2.24) is 19.8 Å². The summed E-state index contributed by atoms with van der Waals surface area (Å²) in [5.41, 5.74) is 3.80. The van der Waals surface area contributed by atoms with Gasteiger partial charge in [-0.1, -0.05) is 18.2 Å². The van der Waals surface area contributed by atoms with Crippen molar-refractivity contribution in [2.75, 3.05) is 27.7 Å². The highest BCUT2D eigenvalue weighted by atomic mass is 32.2. The second-order valence-corrected chi connectivity index (χ2v) is 9.97. The summed E-state index contributed by atoms with van der Waals surface area (Å²) in [4.78, 5) is 0.183. The van der Waals surface area contributed by atoms with Crippen molar-refractivity contribution in [3.8, 4) is 5.75 Å². The standard InChI is InChI=1S/C19H22FNO.C5H9N3O2S/c1-21-12-15-10-14-6-7-17(22-2)11-19(14)18(15)9-13-4-3-5-16(20)8-13;1-6-11(9,10)5-3-7-8(2)4-5/h3-8,11,15,18,21H,9-10,12H2,1-2H3;3-4,6H,1-2H3. The van der Waals surface area contributed by atoms with Gasteiger partial charge in [0, 0.05) is 13.2 Å². The second-order valence-electron chi connectivity index (χ2n) is 8.08. The van der Waals surface area contributed by atoms with Crippen LogP contribution in [-0.4, -0.2) is 45.9 Å². The highest BCUT2D eigenvalue weighted by Crippen LogP contribution is 2.41.